The standard InChI is InChI=1S/C57H106N2O2/c1-5-9-12-15-18-21-24-27-30-32-35-38-41-44-47-50-53-57(56(61)59-58-55(60)8-4,52-49-46-43-40-37-34-29-26-23-20-17-14-11-7-3)54-51-48-45-42-39-36-33-31-28-25-22-19-16-13-10-6-2/h27-31,34H,4-26,32-33,35-54H2,1-3H3,(H,59,61)/b30-27-,31-28-,34-29-. The minimum absolute atomic E-state index is 0.0209. The third kappa shape index (κ3) is 41.9. The Labute approximate surface area is 383 Å². The first-order valence-electron chi connectivity index (χ1n) is 27.3. The van der Waals surface area contributed by atoms with Crippen molar-refractivity contribution in [3.63, 3.8) is 0 Å². The Kier molecular flexibility index (Phi) is 47.7. The number of allylic oxidation sites excluding steroid dienone is 6. The van der Waals surface area contributed by atoms with Crippen LogP contribution in [0.25, 0.3) is 0 Å². The van der Waals surface area contributed by atoms with E-state index in [-0.39, 0.29) is 18.2 Å². The fourth-order valence-electron chi connectivity index (χ4n) is 8.78. The highest BCUT2D eigenvalue weighted by Crippen LogP contribution is 2.38. The van der Waals surface area contributed by atoms with Gasteiger partial charge in [0.15, 0.2) is 0 Å². The maximum Gasteiger partial charge on any atom is 0.262 e. The van der Waals surface area contributed by atoms with Crippen molar-refractivity contribution in [3.8, 4) is 0 Å². The normalized spacial score (nSPS) is 12.1. The van der Waals surface area contributed by atoms with Gasteiger partial charge in [-0.15, -0.1) is 5.43 Å². The first-order chi connectivity index (χ1) is 30.1. The van der Waals surface area contributed by atoms with Crippen LogP contribution in [0.4, 0.5) is 0 Å². The first kappa shape index (κ1) is 59.2. The van der Waals surface area contributed by atoms with Crippen molar-refractivity contribution < 1.29 is 9.59 Å². The summed E-state index contributed by atoms with van der Waals surface area (Å²) in [5.74, 6) is -0.367. The molecular formula is C57H106N2O2. The lowest BCUT2D eigenvalue weighted by Gasteiger charge is -2.33. The Morgan fingerprint density at radius 2 is 0.607 bits per heavy atom. The zero-order chi connectivity index (χ0) is 44.4. The van der Waals surface area contributed by atoms with Crippen LogP contribution >= 0.6 is 0 Å². The van der Waals surface area contributed by atoms with E-state index < -0.39 is 5.41 Å². The lowest BCUT2D eigenvalue weighted by molar-refractivity contribution is -0.137. The molecule has 0 atom stereocenters. The molecule has 0 aromatic carbocycles. The molecule has 0 saturated heterocycles. The minimum atomic E-state index is -0.441. The van der Waals surface area contributed by atoms with E-state index >= 15 is 0 Å². The number of amides is 2. The molecule has 0 saturated carbocycles. The number of rotatable bonds is 48. The molecule has 1 N–H and O–H groups in total. The van der Waals surface area contributed by atoms with Crippen LogP contribution < -0.4 is 10.9 Å². The molecule has 0 fully saturated rings. The average molecular weight is 851 g/mol. The summed E-state index contributed by atoms with van der Waals surface area (Å²) < 4.78 is 0. The number of hydrogen-bond donors (Lipinski definition) is 1. The van der Waals surface area contributed by atoms with Gasteiger partial charge in [0.25, 0.3) is 5.91 Å². The molecule has 0 rings (SSSR count). The van der Waals surface area contributed by atoms with Gasteiger partial charge in [-0.25, -0.2) is 5.43 Å². The van der Waals surface area contributed by atoms with E-state index in [1.807, 2.05) is 0 Å². The fraction of sp³-hybridized carbons (Fsp3) is 0.842. The Morgan fingerprint density at radius 3 is 0.852 bits per heavy atom. The van der Waals surface area contributed by atoms with Crippen molar-refractivity contribution in [3.05, 3.63) is 43.4 Å². The van der Waals surface area contributed by atoms with Gasteiger partial charge in [0.2, 0.25) is 5.91 Å². The van der Waals surface area contributed by atoms with Crippen molar-refractivity contribution in [1.82, 2.24) is 10.9 Å². The van der Waals surface area contributed by atoms with Crippen LogP contribution in [-0.4, -0.2) is 11.8 Å². The molecule has 0 aliphatic rings. The fourth-order valence-corrected chi connectivity index (χ4v) is 8.78. The molecule has 0 spiro atoms. The van der Waals surface area contributed by atoms with E-state index in [4.69, 9.17) is 0 Å². The van der Waals surface area contributed by atoms with E-state index in [1.165, 1.54) is 231 Å². The molecule has 0 bridgehead atoms. The molecule has 0 heterocycles. The summed E-state index contributed by atoms with van der Waals surface area (Å²) >= 11 is 0. The first-order valence-corrected chi connectivity index (χ1v) is 27.3. The highest BCUT2D eigenvalue weighted by Gasteiger charge is 2.37. The van der Waals surface area contributed by atoms with Gasteiger partial charge in [-0.2, -0.15) is 0 Å². The molecule has 2 radical (unpaired) electrons. The highest BCUT2D eigenvalue weighted by molar-refractivity contribution is 5.85. The largest absolute Gasteiger partial charge is 0.273 e. The van der Waals surface area contributed by atoms with E-state index in [9.17, 15) is 9.59 Å². The van der Waals surface area contributed by atoms with Gasteiger partial charge < -0.3 is 0 Å². The molecule has 4 heteroatoms. The van der Waals surface area contributed by atoms with Gasteiger partial charge in [0, 0.05) is 6.42 Å². The maximum atomic E-state index is 14.0. The van der Waals surface area contributed by atoms with E-state index in [0.717, 1.165) is 44.9 Å². The summed E-state index contributed by atoms with van der Waals surface area (Å²) in [6.45, 7) is 10.5. The van der Waals surface area contributed by atoms with E-state index in [2.05, 4.69) is 75.0 Å². The number of unbranched alkanes of at least 4 members (excludes halogenated alkanes) is 34. The minimum Gasteiger partial charge on any atom is -0.273 e. The second-order valence-corrected chi connectivity index (χ2v) is 18.8. The predicted octanol–water partition coefficient (Wildman–Crippen LogP) is 18.9. The zero-order valence-electron chi connectivity index (χ0n) is 41.5. The van der Waals surface area contributed by atoms with Crippen LogP contribution in [0.15, 0.2) is 36.5 Å². The van der Waals surface area contributed by atoms with Crippen molar-refractivity contribution in [2.75, 3.05) is 0 Å². The molecule has 0 aromatic heterocycles. The average Bonchev–Trinajstić information content (AvgIpc) is 3.27. The van der Waals surface area contributed by atoms with Gasteiger partial charge in [0.05, 0.1) is 5.41 Å². The Morgan fingerprint density at radius 1 is 0.377 bits per heavy atom. The summed E-state index contributed by atoms with van der Waals surface area (Å²) in [6.07, 6.45) is 68.5. The van der Waals surface area contributed by atoms with Crippen molar-refractivity contribution >= 4 is 11.8 Å². The van der Waals surface area contributed by atoms with Crippen molar-refractivity contribution in [2.45, 2.75) is 303 Å². The molecule has 2 amide bonds. The number of nitrogens with zero attached hydrogens (tertiary/aromatic N) is 1. The number of carbonyl (C=O) groups is 2. The molecule has 4 nitrogen and oxygen atoms in total. The zero-order valence-corrected chi connectivity index (χ0v) is 41.5. The van der Waals surface area contributed by atoms with Crippen LogP contribution in [0, 0.1) is 12.3 Å². The van der Waals surface area contributed by atoms with Gasteiger partial charge in [-0.1, -0.05) is 237 Å². The molecule has 0 unspecified atom stereocenters. The third-order valence-corrected chi connectivity index (χ3v) is 13.0. The molecule has 0 aromatic rings. The van der Waals surface area contributed by atoms with Crippen molar-refractivity contribution in [1.29, 1.82) is 0 Å². The second kappa shape index (κ2) is 49.2. The Balaban J connectivity index is 4.93. The molecule has 356 valence electrons. The SMILES string of the molecule is [CH2]CC(=O)[N]NC(=O)C(CCCCCC/C=C\CCCCCCCC)(CCCCCCCC/C=C\CCCCCCCC)CCCCCCCC/C=C\CCCCCCCC. The monoisotopic (exact) mass is 851 g/mol. The summed E-state index contributed by atoms with van der Waals surface area (Å²) in [4.78, 5) is 26.2. The summed E-state index contributed by atoms with van der Waals surface area (Å²) in [5.41, 5.74) is 6.27. The van der Waals surface area contributed by atoms with Crippen LogP contribution in [0.3, 0.4) is 0 Å². The molecule has 0 aliphatic carbocycles. The highest BCUT2D eigenvalue weighted by atomic mass is 16.2. The van der Waals surface area contributed by atoms with Crippen molar-refractivity contribution in [2.24, 2.45) is 5.41 Å². The smallest absolute Gasteiger partial charge is 0.262 e. The third-order valence-electron chi connectivity index (χ3n) is 13.0. The lowest BCUT2D eigenvalue weighted by Crippen LogP contribution is -2.46. The van der Waals surface area contributed by atoms with Crippen LogP contribution in [-0.2, 0) is 9.59 Å². The van der Waals surface area contributed by atoms with Gasteiger partial charge in [-0.3, -0.25) is 9.59 Å². The topological polar surface area (TPSA) is 60.3 Å². The van der Waals surface area contributed by atoms with Crippen LogP contribution in [0.1, 0.15) is 303 Å². The molecule has 61 heavy (non-hydrogen) atoms. The molecular weight excluding hydrogens is 745 g/mol. The summed E-state index contributed by atoms with van der Waals surface area (Å²) in [6, 6.07) is 0. The lowest BCUT2D eigenvalue weighted by atomic mass is 9.73. The molecule has 0 aliphatic heterocycles. The Hall–Kier alpha value is -1.84. The van der Waals surface area contributed by atoms with Gasteiger partial charge in [-0.05, 0) is 103 Å². The van der Waals surface area contributed by atoms with E-state index in [0.29, 0.717) is 0 Å². The van der Waals surface area contributed by atoms with Crippen LogP contribution in [0.5, 0.6) is 0 Å². The van der Waals surface area contributed by atoms with Gasteiger partial charge >= 0.3 is 0 Å². The number of carbonyl (C=O) groups excluding carboxylic acids is 2. The number of hydrogen-bond acceptors (Lipinski definition) is 2. The van der Waals surface area contributed by atoms with Gasteiger partial charge in [0.1, 0.15) is 0 Å². The van der Waals surface area contributed by atoms with E-state index in [1.54, 1.807) is 0 Å². The summed E-state index contributed by atoms with van der Waals surface area (Å²) in [7, 11) is 0. The summed E-state index contributed by atoms with van der Waals surface area (Å²) in [5, 5.41) is 0. The second-order valence-electron chi connectivity index (χ2n) is 18.8. The quantitative estimate of drug-likeness (QED) is 0.0377. The maximum absolute atomic E-state index is 14.0. The van der Waals surface area contributed by atoms with Crippen LogP contribution in [0.2, 0.25) is 0 Å². The predicted molar refractivity (Wildman–Crippen MR) is 271 cm³/mol. The Bertz CT molecular complexity index is 957. The number of nitrogens with one attached hydrogen (secondary N) is 1.